The number of nitrogens with zero attached hydrogens (tertiary/aromatic N) is 2. The average molecular weight is 482 g/mol. The van der Waals surface area contributed by atoms with Crippen molar-refractivity contribution < 1.29 is 14.3 Å². The minimum Gasteiger partial charge on any atom is -0.490 e. The number of nitrogens with one attached hydrogen (secondary N) is 1. The zero-order valence-corrected chi connectivity index (χ0v) is 19.3. The van der Waals surface area contributed by atoms with E-state index in [9.17, 15) is 10.1 Å². The Morgan fingerprint density at radius 3 is 2.55 bits per heavy atom. The number of hydrogen-bond acceptors (Lipinski definition) is 5. The van der Waals surface area contributed by atoms with Gasteiger partial charge in [-0.2, -0.15) is 10.4 Å². The van der Waals surface area contributed by atoms with Crippen molar-refractivity contribution in [1.29, 1.82) is 5.26 Å². The Balaban J connectivity index is 1.66. The fourth-order valence-electron chi connectivity index (χ4n) is 2.95. The lowest BCUT2D eigenvalue weighted by Crippen LogP contribution is -2.24. The minimum atomic E-state index is -0.945. The van der Waals surface area contributed by atoms with Gasteiger partial charge in [0, 0.05) is 0 Å². The van der Waals surface area contributed by atoms with Crippen molar-refractivity contribution in [3.8, 4) is 17.6 Å². The van der Waals surface area contributed by atoms with E-state index in [2.05, 4.69) is 10.5 Å². The summed E-state index contributed by atoms with van der Waals surface area (Å²) in [5.74, 6) is -0.365. The fraction of sp³-hybridized carbons (Fsp3) is 0.160. The molecule has 0 spiro atoms. The van der Waals surface area contributed by atoms with E-state index in [1.165, 1.54) is 6.21 Å². The van der Waals surface area contributed by atoms with Crippen LogP contribution >= 0.6 is 23.2 Å². The molecule has 168 valence electrons. The lowest BCUT2D eigenvalue weighted by atomic mass is 10.0. The molecule has 0 fully saturated rings. The Morgan fingerprint density at radius 1 is 1.06 bits per heavy atom. The molecule has 3 aromatic rings. The molecule has 0 bridgehead atoms. The molecule has 6 nitrogen and oxygen atoms in total. The summed E-state index contributed by atoms with van der Waals surface area (Å²) in [6, 6.07) is 21.4. The third kappa shape index (κ3) is 6.72. The first-order valence-corrected chi connectivity index (χ1v) is 10.9. The van der Waals surface area contributed by atoms with Crippen LogP contribution in [0.5, 0.6) is 11.5 Å². The number of hydrogen-bond donors (Lipinski definition) is 1. The molecule has 0 saturated heterocycles. The van der Waals surface area contributed by atoms with Crippen LogP contribution in [-0.2, 0) is 11.4 Å². The fourth-order valence-corrected chi connectivity index (χ4v) is 3.27. The van der Waals surface area contributed by atoms with Gasteiger partial charge >= 0.3 is 0 Å². The number of carbonyl (C=O) groups is 1. The molecule has 1 N–H and O–H groups in total. The van der Waals surface area contributed by atoms with Crippen molar-refractivity contribution in [2.45, 2.75) is 19.4 Å². The third-order valence-electron chi connectivity index (χ3n) is 4.56. The molecule has 0 aromatic heterocycles. The number of hydrazone groups is 1. The number of halogens is 2. The van der Waals surface area contributed by atoms with Crippen molar-refractivity contribution in [3.05, 3.63) is 93.5 Å². The van der Waals surface area contributed by atoms with E-state index in [4.69, 9.17) is 32.7 Å². The number of rotatable bonds is 9. The molecule has 3 rings (SSSR count). The average Bonchev–Trinajstić information content (AvgIpc) is 2.82. The van der Waals surface area contributed by atoms with Gasteiger partial charge in [0.25, 0.3) is 5.91 Å². The molecule has 0 aliphatic rings. The quantitative estimate of drug-likeness (QED) is 0.312. The molecule has 8 heteroatoms. The van der Waals surface area contributed by atoms with Gasteiger partial charge in [0.1, 0.15) is 6.61 Å². The summed E-state index contributed by atoms with van der Waals surface area (Å²) in [6.45, 7) is 2.60. The molecule has 0 aliphatic carbocycles. The zero-order valence-electron chi connectivity index (χ0n) is 17.8. The summed E-state index contributed by atoms with van der Waals surface area (Å²) >= 11 is 12.0. The van der Waals surface area contributed by atoms with Crippen molar-refractivity contribution in [2.75, 3.05) is 6.61 Å². The highest BCUT2D eigenvalue weighted by Gasteiger charge is 2.19. The van der Waals surface area contributed by atoms with Crippen LogP contribution in [0.1, 0.15) is 29.5 Å². The van der Waals surface area contributed by atoms with Crippen LogP contribution in [0.25, 0.3) is 0 Å². The van der Waals surface area contributed by atoms with Crippen LogP contribution < -0.4 is 14.9 Å². The van der Waals surface area contributed by atoms with E-state index in [0.29, 0.717) is 39.3 Å². The number of benzene rings is 3. The molecule has 3 aromatic carbocycles. The standard InChI is InChI=1S/C25H21Cl2N3O3/c1-2-32-24-13-17(9-11-23(24)33-16-18-8-10-21(26)22(27)12-18)15-29-30-25(31)20(14-28)19-6-4-3-5-7-19/h3-13,15,20H,2,16H2,1H3,(H,30,31)/b29-15-/t20-/m1/s1. The first-order chi connectivity index (χ1) is 16.0. The highest BCUT2D eigenvalue weighted by molar-refractivity contribution is 6.42. The molecule has 33 heavy (non-hydrogen) atoms. The van der Waals surface area contributed by atoms with E-state index in [1.807, 2.05) is 25.1 Å². The van der Waals surface area contributed by atoms with Gasteiger partial charge in [-0.1, -0.05) is 59.6 Å². The van der Waals surface area contributed by atoms with Gasteiger partial charge in [-0.3, -0.25) is 4.79 Å². The Kier molecular flexibility index (Phi) is 8.71. The monoisotopic (exact) mass is 481 g/mol. The maximum Gasteiger partial charge on any atom is 0.261 e. The van der Waals surface area contributed by atoms with E-state index in [-0.39, 0.29) is 6.61 Å². The van der Waals surface area contributed by atoms with Gasteiger partial charge in [-0.15, -0.1) is 0 Å². The SMILES string of the molecule is CCOc1cc(/C=N\NC(=O)[C@H](C#N)c2ccccc2)ccc1OCc1ccc(Cl)c(Cl)c1. The second-order valence-electron chi connectivity index (χ2n) is 6.88. The summed E-state index contributed by atoms with van der Waals surface area (Å²) in [5.41, 5.74) is 4.58. The molecule has 0 heterocycles. The van der Waals surface area contributed by atoms with Gasteiger partial charge < -0.3 is 9.47 Å². The topological polar surface area (TPSA) is 83.7 Å². The van der Waals surface area contributed by atoms with E-state index in [0.717, 1.165) is 5.56 Å². The first-order valence-electron chi connectivity index (χ1n) is 10.1. The summed E-state index contributed by atoms with van der Waals surface area (Å²) in [4.78, 5) is 12.3. The molecular weight excluding hydrogens is 461 g/mol. The lowest BCUT2D eigenvalue weighted by molar-refractivity contribution is -0.121. The number of nitriles is 1. The van der Waals surface area contributed by atoms with E-state index in [1.54, 1.807) is 54.6 Å². The van der Waals surface area contributed by atoms with E-state index < -0.39 is 11.8 Å². The molecule has 1 atom stereocenters. The Morgan fingerprint density at radius 2 is 1.85 bits per heavy atom. The van der Waals surface area contributed by atoms with Gasteiger partial charge in [0.15, 0.2) is 17.4 Å². The van der Waals surface area contributed by atoms with Gasteiger partial charge in [0.05, 0.1) is 28.9 Å². The van der Waals surface area contributed by atoms with Crippen molar-refractivity contribution >= 4 is 35.3 Å². The Bertz CT molecular complexity index is 1180. The van der Waals surface area contributed by atoms with E-state index >= 15 is 0 Å². The maximum atomic E-state index is 12.3. The van der Waals surface area contributed by atoms with Crippen LogP contribution in [0.15, 0.2) is 71.8 Å². The lowest BCUT2D eigenvalue weighted by Gasteiger charge is -2.13. The van der Waals surface area contributed by atoms with Crippen LogP contribution in [0.3, 0.4) is 0 Å². The van der Waals surface area contributed by atoms with Gasteiger partial charge in [-0.05, 0) is 53.9 Å². The molecule has 0 aliphatic heterocycles. The molecular formula is C25H21Cl2N3O3. The minimum absolute atomic E-state index is 0.287. The Hall–Kier alpha value is -3.53. The summed E-state index contributed by atoms with van der Waals surface area (Å²) in [6.07, 6.45) is 1.47. The van der Waals surface area contributed by atoms with Crippen molar-refractivity contribution in [2.24, 2.45) is 5.10 Å². The van der Waals surface area contributed by atoms with Gasteiger partial charge in [0.2, 0.25) is 0 Å². The predicted molar refractivity (Wildman–Crippen MR) is 129 cm³/mol. The predicted octanol–water partition coefficient (Wildman–Crippen LogP) is 5.73. The molecule has 0 saturated carbocycles. The van der Waals surface area contributed by atoms with Gasteiger partial charge in [-0.25, -0.2) is 5.43 Å². The third-order valence-corrected chi connectivity index (χ3v) is 5.30. The second kappa shape index (κ2) is 11.9. The van der Waals surface area contributed by atoms with Crippen LogP contribution in [0.2, 0.25) is 10.0 Å². The Labute approximate surface area is 202 Å². The van der Waals surface area contributed by atoms with Crippen molar-refractivity contribution in [3.63, 3.8) is 0 Å². The summed E-state index contributed by atoms with van der Waals surface area (Å²) < 4.78 is 11.6. The van der Waals surface area contributed by atoms with Crippen LogP contribution in [0.4, 0.5) is 0 Å². The largest absolute Gasteiger partial charge is 0.490 e. The van der Waals surface area contributed by atoms with Crippen molar-refractivity contribution in [1.82, 2.24) is 5.43 Å². The second-order valence-corrected chi connectivity index (χ2v) is 7.70. The smallest absolute Gasteiger partial charge is 0.261 e. The first kappa shape index (κ1) is 24.1. The number of amides is 1. The summed E-state index contributed by atoms with van der Waals surface area (Å²) in [5, 5.41) is 14.3. The zero-order chi connectivity index (χ0) is 23.6. The maximum absolute atomic E-state index is 12.3. The summed E-state index contributed by atoms with van der Waals surface area (Å²) in [7, 11) is 0. The molecule has 0 radical (unpaired) electrons. The number of ether oxygens (including phenoxy) is 2. The van der Waals surface area contributed by atoms with Crippen LogP contribution in [0, 0.1) is 11.3 Å². The highest BCUT2D eigenvalue weighted by atomic mass is 35.5. The molecule has 1 amide bonds. The van der Waals surface area contributed by atoms with Crippen LogP contribution in [-0.4, -0.2) is 18.7 Å². The highest BCUT2D eigenvalue weighted by Crippen LogP contribution is 2.30. The normalized spacial score (nSPS) is 11.6. The molecule has 0 unspecified atom stereocenters. The number of carbonyl (C=O) groups excluding carboxylic acids is 1.